The lowest BCUT2D eigenvalue weighted by Gasteiger charge is -2.08. The maximum Gasteiger partial charge on any atom is 0.139 e. The van der Waals surface area contributed by atoms with Gasteiger partial charge in [-0.15, -0.1) is 0 Å². The number of Topliss-reactive ketones (excluding diaryl/α,β-unsaturated/α-hetero) is 1. The van der Waals surface area contributed by atoms with Gasteiger partial charge in [-0.2, -0.15) is 5.10 Å². The van der Waals surface area contributed by atoms with Crippen LogP contribution in [0.4, 0.5) is 0 Å². The third-order valence-corrected chi connectivity index (χ3v) is 3.32. The summed E-state index contributed by atoms with van der Waals surface area (Å²) in [6.07, 6.45) is 4.91. The molecule has 0 saturated heterocycles. The van der Waals surface area contributed by atoms with Crippen LogP contribution < -0.4 is 0 Å². The third kappa shape index (κ3) is 4.61. The Balaban J connectivity index is 2.42. The highest BCUT2D eigenvalue weighted by atomic mass is 16.5. The molecule has 1 aromatic heterocycles. The lowest BCUT2D eigenvalue weighted by Crippen LogP contribution is -2.11. The van der Waals surface area contributed by atoms with E-state index in [1.165, 1.54) is 0 Å². The molecule has 0 N–H and O–H groups in total. The SMILES string of the molecule is CCC(C)n1ccc(CC(=O)CCC(C)OC)n1. The lowest BCUT2D eigenvalue weighted by atomic mass is 10.1. The van der Waals surface area contributed by atoms with E-state index < -0.39 is 0 Å². The smallest absolute Gasteiger partial charge is 0.139 e. The number of hydrogen-bond acceptors (Lipinski definition) is 3. The van der Waals surface area contributed by atoms with Gasteiger partial charge in [-0.05, 0) is 32.8 Å². The van der Waals surface area contributed by atoms with Crippen molar-refractivity contribution in [3.05, 3.63) is 18.0 Å². The second-order valence-corrected chi connectivity index (χ2v) is 4.84. The lowest BCUT2D eigenvalue weighted by molar-refractivity contribution is -0.119. The molecule has 0 amide bonds. The van der Waals surface area contributed by atoms with E-state index in [2.05, 4.69) is 18.9 Å². The van der Waals surface area contributed by atoms with Crippen LogP contribution in [0.3, 0.4) is 0 Å². The predicted molar refractivity (Wildman–Crippen MR) is 71.6 cm³/mol. The van der Waals surface area contributed by atoms with Gasteiger partial charge in [0.15, 0.2) is 0 Å². The fraction of sp³-hybridized carbons (Fsp3) is 0.714. The van der Waals surface area contributed by atoms with Crippen LogP contribution >= 0.6 is 0 Å². The van der Waals surface area contributed by atoms with Gasteiger partial charge in [-0.1, -0.05) is 6.92 Å². The minimum atomic E-state index is 0.145. The number of rotatable bonds is 8. The fourth-order valence-corrected chi connectivity index (χ4v) is 1.68. The van der Waals surface area contributed by atoms with Crippen molar-refractivity contribution in [2.24, 2.45) is 0 Å². The van der Waals surface area contributed by atoms with Crippen molar-refractivity contribution in [2.75, 3.05) is 7.11 Å². The molecule has 4 heteroatoms. The standard InChI is InChI=1S/C14H24N2O2/c1-5-11(2)16-9-8-13(15-16)10-14(17)7-6-12(3)18-4/h8-9,11-12H,5-7,10H2,1-4H3. The minimum Gasteiger partial charge on any atom is -0.382 e. The zero-order valence-corrected chi connectivity index (χ0v) is 11.8. The Morgan fingerprint density at radius 1 is 1.50 bits per heavy atom. The molecular formula is C14H24N2O2. The van der Waals surface area contributed by atoms with Crippen molar-refractivity contribution in [3.8, 4) is 0 Å². The number of hydrogen-bond donors (Lipinski definition) is 0. The van der Waals surface area contributed by atoms with Crippen LogP contribution in [-0.4, -0.2) is 28.8 Å². The number of carbonyl (C=O) groups is 1. The molecule has 0 spiro atoms. The van der Waals surface area contributed by atoms with Gasteiger partial charge in [0.2, 0.25) is 0 Å². The minimum absolute atomic E-state index is 0.145. The Labute approximate surface area is 109 Å². The molecule has 18 heavy (non-hydrogen) atoms. The van der Waals surface area contributed by atoms with Crippen LogP contribution in [-0.2, 0) is 16.0 Å². The van der Waals surface area contributed by atoms with Gasteiger partial charge >= 0.3 is 0 Å². The van der Waals surface area contributed by atoms with E-state index in [-0.39, 0.29) is 11.9 Å². The summed E-state index contributed by atoms with van der Waals surface area (Å²) in [5.74, 6) is 0.230. The number of carbonyl (C=O) groups excluding carboxylic acids is 1. The molecule has 2 atom stereocenters. The van der Waals surface area contributed by atoms with Gasteiger partial charge in [0.1, 0.15) is 5.78 Å². The van der Waals surface area contributed by atoms with Crippen LogP contribution in [0.5, 0.6) is 0 Å². The molecule has 0 aliphatic heterocycles. The summed E-state index contributed by atoms with van der Waals surface area (Å²) in [5.41, 5.74) is 0.866. The molecule has 1 heterocycles. The van der Waals surface area contributed by atoms with E-state index in [0.29, 0.717) is 18.9 Å². The van der Waals surface area contributed by atoms with Crippen LogP contribution in [0.2, 0.25) is 0 Å². The first-order valence-electron chi connectivity index (χ1n) is 6.65. The Bertz CT molecular complexity index is 374. The molecule has 0 bridgehead atoms. The van der Waals surface area contributed by atoms with Crippen LogP contribution in [0.25, 0.3) is 0 Å². The van der Waals surface area contributed by atoms with Crippen molar-refractivity contribution in [1.29, 1.82) is 0 Å². The van der Waals surface area contributed by atoms with Gasteiger partial charge in [0, 0.05) is 25.8 Å². The fourth-order valence-electron chi connectivity index (χ4n) is 1.68. The van der Waals surface area contributed by atoms with Crippen molar-refractivity contribution >= 4 is 5.78 Å². The Hall–Kier alpha value is -1.16. The summed E-state index contributed by atoms with van der Waals surface area (Å²) in [6.45, 7) is 6.23. The first-order chi connectivity index (χ1) is 8.56. The first kappa shape index (κ1) is 14.9. The van der Waals surface area contributed by atoms with E-state index >= 15 is 0 Å². The van der Waals surface area contributed by atoms with E-state index in [0.717, 1.165) is 18.5 Å². The number of nitrogens with zero attached hydrogens (tertiary/aromatic N) is 2. The Morgan fingerprint density at radius 3 is 2.83 bits per heavy atom. The van der Waals surface area contributed by atoms with Gasteiger partial charge in [0.25, 0.3) is 0 Å². The Morgan fingerprint density at radius 2 is 2.22 bits per heavy atom. The van der Waals surface area contributed by atoms with Crippen molar-refractivity contribution in [2.45, 2.75) is 58.6 Å². The molecular weight excluding hydrogens is 228 g/mol. The highest BCUT2D eigenvalue weighted by Crippen LogP contribution is 2.10. The van der Waals surface area contributed by atoms with Crippen LogP contribution in [0.1, 0.15) is 51.8 Å². The molecule has 0 radical (unpaired) electrons. The van der Waals surface area contributed by atoms with Crippen LogP contribution in [0, 0.1) is 0 Å². The van der Waals surface area contributed by atoms with Crippen molar-refractivity contribution < 1.29 is 9.53 Å². The number of methoxy groups -OCH3 is 1. The monoisotopic (exact) mass is 252 g/mol. The Kier molecular flexibility index (Phi) is 6.05. The summed E-state index contributed by atoms with van der Waals surface area (Å²) in [6, 6.07) is 2.33. The van der Waals surface area contributed by atoms with Gasteiger partial charge < -0.3 is 4.74 Å². The molecule has 1 aromatic rings. The molecule has 2 unspecified atom stereocenters. The summed E-state index contributed by atoms with van der Waals surface area (Å²) < 4.78 is 7.06. The van der Waals surface area contributed by atoms with E-state index in [1.54, 1.807) is 7.11 Å². The number of ketones is 1. The van der Waals surface area contributed by atoms with E-state index in [9.17, 15) is 4.79 Å². The molecule has 4 nitrogen and oxygen atoms in total. The van der Waals surface area contributed by atoms with Crippen LogP contribution in [0.15, 0.2) is 12.3 Å². The zero-order chi connectivity index (χ0) is 13.5. The topological polar surface area (TPSA) is 44.1 Å². The van der Waals surface area contributed by atoms with Gasteiger partial charge in [0.05, 0.1) is 18.2 Å². The summed E-state index contributed by atoms with van der Waals surface area (Å²) >= 11 is 0. The van der Waals surface area contributed by atoms with Gasteiger partial charge in [-0.25, -0.2) is 0 Å². The number of aromatic nitrogens is 2. The molecule has 1 rings (SSSR count). The summed E-state index contributed by atoms with van der Waals surface area (Å²) in [5, 5.41) is 4.43. The van der Waals surface area contributed by atoms with Crippen molar-refractivity contribution in [1.82, 2.24) is 9.78 Å². The normalized spacial score (nSPS) is 14.4. The summed E-state index contributed by atoms with van der Waals surface area (Å²) in [4.78, 5) is 11.8. The quantitative estimate of drug-likeness (QED) is 0.714. The third-order valence-electron chi connectivity index (χ3n) is 3.32. The first-order valence-corrected chi connectivity index (χ1v) is 6.65. The predicted octanol–water partition coefficient (Wildman–Crippen LogP) is 2.78. The highest BCUT2D eigenvalue weighted by Gasteiger charge is 2.10. The molecule has 102 valence electrons. The average molecular weight is 252 g/mol. The molecule has 0 saturated carbocycles. The van der Waals surface area contributed by atoms with E-state index in [1.807, 2.05) is 23.9 Å². The zero-order valence-electron chi connectivity index (χ0n) is 11.8. The molecule has 0 aliphatic carbocycles. The molecule has 0 aromatic carbocycles. The molecule has 0 fully saturated rings. The second-order valence-electron chi connectivity index (χ2n) is 4.84. The summed E-state index contributed by atoms with van der Waals surface area (Å²) in [7, 11) is 1.67. The maximum absolute atomic E-state index is 11.8. The van der Waals surface area contributed by atoms with Gasteiger partial charge in [-0.3, -0.25) is 9.48 Å². The largest absolute Gasteiger partial charge is 0.382 e. The maximum atomic E-state index is 11.8. The second kappa shape index (κ2) is 7.31. The molecule has 0 aliphatic rings. The van der Waals surface area contributed by atoms with E-state index in [4.69, 9.17) is 4.74 Å². The number of ether oxygens (including phenoxy) is 1. The van der Waals surface area contributed by atoms with Crippen molar-refractivity contribution in [3.63, 3.8) is 0 Å². The highest BCUT2D eigenvalue weighted by molar-refractivity contribution is 5.80. The average Bonchev–Trinajstić information content (AvgIpc) is 2.83.